The van der Waals surface area contributed by atoms with E-state index in [9.17, 15) is 0 Å². The number of rotatable bonds is 11. The molecule has 0 saturated carbocycles. The molecule has 2 N–H and O–H groups in total. The minimum Gasteiger partial charge on any atom is -0.382 e. The van der Waals surface area contributed by atoms with Crippen molar-refractivity contribution >= 4 is 29.9 Å². The largest absolute Gasteiger partial charge is 0.382 e. The Labute approximate surface area is 169 Å². The fraction of sp³-hybridized carbons (Fsp3) is 0.765. The second-order valence-electron chi connectivity index (χ2n) is 6.05. The molecule has 1 rings (SSSR count). The summed E-state index contributed by atoms with van der Waals surface area (Å²) < 4.78 is 12.4. The van der Waals surface area contributed by atoms with Crippen LogP contribution >= 0.6 is 24.0 Å². The van der Waals surface area contributed by atoms with Crippen molar-refractivity contribution < 1.29 is 9.47 Å². The van der Waals surface area contributed by atoms with Gasteiger partial charge in [0.15, 0.2) is 5.96 Å². The van der Waals surface area contributed by atoms with E-state index in [0.717, 1.165) is 44.3 Å². The quantitative estimate of drug-likeness (QED) is 0.225. The summed E-state index contributed by atoms with van der Waals surface area (Å²) in [6.07, 6.45) is 0.936. The molecule has 0 radical (unpaired) electrons. The number of hydrogen-bond donors (Lipinski definition) is 2. The van der Waals surface area contributed by atoms with E-state index in [1.165, 1.54) is 5.69 Å². The van der Waals surface area contributed by atoms with Crippen LogP contribution < -0.4 is 10.6 Å². The van der Waals surface area contributed by atoms with Crippen LogP contribution in [-0.2, 0) is 16.0 Å². The normalized spacial score (nSPS) is 12.6. The van der Waals surface area contributed by atoms with Crippen LogP contribution in [0.3, 0.4) is 0 Å². The first-order valence-electron chi connectivity index (χ1n) is 8.59. The Morgan fingerprint density at radius 2 is 2.04 bits per heavy atom. The van der Waals surface area contributed by atoms with Crippen molar-refractivity contribution in [2.75, 3.05) is 47.1 Å². The van der Waals surface area contributed by atoms with Crippen molar-refractivity contribution in [3.8, 4) is 0 Å². The van der Waals surface area contributed by atoms with Crippen molar-refractivity contribution in [3.05, 3.63) is 17.5 Å². The summed E-state index contributed by atoms with van der Waals surface area (Å²) >= 11 is 0. The minimum atomic E-state index is 0. The monoisotopic (exact) mass is 467 g/mol. The fourth-order valence-electron chi connectivity index (χ4n) is 2.34. The molecule has 7 nitrogen and oxygen atoms in total. The van der Waals surface area contributed by atoms with Crippen LogP contribution in [0.4, 0.5) is 0 Å². The predicted molar refractivity (Wildman–Crippen MR) is 113 cm³/mol. The zero-order chi connectivity index (χ0) is 17.8. The molecule has 1 heterocycles. The molecule has 0 bridgehead atoms. The van der Waals surface area contributed by atoms with Crippen molar-refractivity contribution in [3.63, 3.8) is 0 Å². The average molecular weight is 467 g/mol. The lowest BCUT2D eigenvalue weighted by molar-refractivity contribution is 0.0698. The minimum absolute atomic E-state index is 0. The molecular formula is C17H34IN5O2. The molecule has 8 heteroatoms. The van der Waals surface area contributed by atoms with E-state index in [4.69, 9.17) is 9.47 Å². The first-order valence-corrected chi connectivity index (χ1v) is 8.59. The van der Waals surface area contributed by atoms with Gasteiger partial charge in [0.2, 0.25) is 0 Å². The molecule has 1 unspecified atom stereocenters. The molecule has 0 fully saturated rings. The summed E-state index contributed by atoms with van der Waals surface area (Å²) in [6, 6.07) is 2.11. The van der Waals surface area contributed by atoms with E-state index >= 15 is 0 Å². The third-order valence-corrected chi connectivity index (χ3v) is 3.62. The second-order valence-corrected chi connectivity index (χ2v) is 6.05. The Morgan fingerprint density at radius 3 is 2.64 bits per heavy atom. The van der Waals surface area contributed by atoms with Gasteiger partial charge in [-0.25, -0.2) is 0 Å². The first-order chi connectivity index (χ1) is 11.6. The highest BCUT2D eigenvalue weighted by atomic mass is 127. The van der Waals surface area contributed by atoms with E-state index in [-0.39, 0.29) is 24.0 Å². The maximum Gasteiger partial charge on any atom is 0.190 e. The van der Waals surface area contributed by atoms with Gasteiger partial charge >= 0.3 is 0 Å². The van der Waals surface area contributed by atoms with E-state index in [1.54, 1.807) is 14.2 Å². The molecule has 0 spiro atoms. The number of halogens is 1. The zero-order valence-corrected chi connectivity index (χ0v) is 18.5. The molecule has 146 valence electrons. The van der Waals surface area contributed by atoms with E-state index < -0.39 is 0 Å². The van der Waals surface area contributed by atoms with Crippen molar-refractivity contribution in [1.29, 1.82) is 0 Å². The standard InChI is InChI=1S/C17H33N5O2.HI/c1-14(13-22-16(3)11-15(2)21-22)12-20-17(18-4)19-7-6-8-24-10-9-23-5;/h11,14H,6-10,12-13H2,1-5H3,(H2,18,19,20);1H. The Morgan fingerprint density at radius 1 is 1.28 bits per heavy atom. The summed E-state index contributed by atoms with van der Waals surface area (Å²) in [5.74, 6) is 1.28. The smallest absolute Gasteiger partial charge is 0.190 e. The maximum absolute atomic E-state index is 5.43. The Hall–Kier alpha value is -0.870. The van der Waals surface area contributed by atoms with Crippen molar-refractivity contribution in [2.45, 2.75) is 33.7 Å². The van der Waals surface area contributed by atoms with Gasteiger partial charge in [0, 0.05) is 46.1 Å². The Kier molecular flexibility index (Phi) is 13.8. The van der Waals surface area contributed by atoms with Crippen LogP contribution in [-0.4, -0.2) is 62.8 Å². The van der Waals surface area contributed by atoms with Gasteiger partial charge in [-0.05, 0) is 32.3 Å². The second kappa shape index (κ2) is 14.3. The molecule has 0 aromatic carbocycles. The number of aromatic nitrogens is 2. The number of ether oxygens (including phenoxy) is 2. The van der Waals surface area contributed by atoms with E-state index in [2.05, 4.69) is 45.3 Å². The summed E-state index contributed by atoms with van der Waals surface area (Å²) in [4.78, 5) is 4.25. The lowest BCUT2D eigenvalue weighted by atomic mass is 10.2. The summed E-state index contributed by atoms with van der Waals surface area (Å²) in [6.45, 7) is 10.9. The number of nitrogens with one attached hydrogen (secondary N) is 2. The molecule has 1 atom stereocenters. The van der Waals surface area contributed by atoms with Crippen LogP contribution in [0.1, 0.15) is 24.7 Å². The van der Waals surface area contributed by atoms with E-state index in [1.807, 2.05) is 6.92 Å². The van der Waals surface area contributed by atoms with Gasteiger partial charge in [-0.3, -0.25) is 9.67 Å². The van der Waals surface area contributed by atoms with Crippen molar-refractivity contribution in [1.82, 2.24) is 20.4 Å². The van der Waals surface area contributed by atoms with Crippen LogP contribution in [0.2, 0.25) is 0 Å². The Balaban J connectivity index is 0.00000576. The zero-order valence-electron chi connectivity index (χ0n) is 16.2. The molecule has 0 saturated heterocycles. The summed E-state index contributed by atoms with van der Waals surface area (Å²) in [7, 11) is 3.46. The van der Waals surface area contributed by atoms with Crippen LogP contribution in [0, 0.1) is 19.8 Å². The summed E-state index contributed by atoms with van der Waals surface area (Å²) in [5, 5.41) is 11.2. The number of guanidine groups is 1. The molecule has 0 aliphatic rings. The highest BCUT2D eigenvalue weighted by molar-refractivity contribution is 14.0. The van der Waals surface area contributed by atoms with Crippen molar-refractivity contribution in [2.24, 2.45) is 10.9 Å². The van der Waals surface area contributed by atoms with Gasteiger partial charge in [-0.1, -0.05) is 6.92 Å². The SMILES string of the molecule is CN=C(NCCCOCCOC)NCC(C)Cn1nc(C)cc1C.I. The first kappa shape index (κ1) is 24.1. The number of methoxy groups -OCH3 is 1. The van der Waals surface area contributed by atoms with Crippen LogP contribution in [0.5, 0.6) is 0 Å². The third kappa shape index (κ3) is 10.7. The van der Waals surface area contributed by atoms with Gasteiger partial charge in [0.05, 0.1) is 18.9 Å². The molecule has 25 heavy (non-hydrogen) atoms. The van der Waals surface area contributed by atoms with Crippen LogP contribution in [0.15, 0.2) is 11.1 Å². The number of nitrogens with zero attached hydrogens (tertiary/aromatic N) is 3. The summed E-state index contributed by atoms with van der Waals surface area (Å²) in [5.41, 5.74) is 2.27. The number of hydrogen-bond acceptors (Lipinski definition) is 4. The highest BCUT2D eigenvalue weighted by Crippen LogP contribution is 2.05. The predicted octanol–water partition coefficient (Wildman–Crippen LogP) is 1.97. The maximum atomic E-state index is 5.43. The molecule has 0 amide bonds. The molecule has 1 aromatic rings. The van der Waals surface area contributed by atoms with Gasteiger partial charge in [0.1, 0.15) is 0 Å². The number of aryl methyl sites for hydroxylation is 2. The average Bonchev–Trinajstić information content (AvgIpc) is 2.86. The molecule has 0 aliphatic heterocycles. The third-order valence-electron chi connectivity index (χ3n) is 3.62. The topological polar surface area (TPSA) is 72.7 Å². The molecule has 1 aromatic heterocycles. The van der Waals surface area contributed by atoms with Crippen LogP contribution in [0.25, 0.3) is 0 Å². The van der Waals surface area contributed by atoms with Gasteiger partial charge in [-0.2, -0.15) is 5.10 Å². The molecular weight excluding hydrogens is 433 g/mol. The van der Waals surface area contributed by atoms with Gasteiger partial charge < -0.3 is 20.1 Å². The number of aliphatic imine (C=N–C) groups is 1. The Bertz CT molecular complexity index is 493. The van der Waals surface area contributed by atoms with Gasteiger partial charge in [-0.15, -0.1) is 24.0 Å². The highest BCUT2D eigenvalue weighted by Gasteiger charge is 2.08. The van der Waals surface area contributed by atoms with E-state index in [0.29, 0.717) is 19.1 Å². The fourth-order valence-corrected chi connectivity index (χ4v) is 2.34. The van der Waals surface area contributed by atoms with Gasteiger partial charge in [0.25, 0.3) is 0 Å². The lowest BCUT2D eigenvalue weighted by Gasteiger charge is -2.17. The lowest BCUT2D eigenvalue weighted by Crippen LogP contribution is -2.40. The molecule has 0 aliphatic carbocycles.